The molecule has 2 aliphatic heterocycles. The van der Waals surface area contributed by atoms with Gasteiger partial charge in [-0.15, -0.1) is 0 Å². The summed E-state index contributed by atoms with van der Waals surface area (Å²) >= 11 is 0. The van der Waals surface area contributed by atoms with E-state index in [1.807, 2.05) is 0 Å². The van der Waals surface area contributed by atoms with Crippen LogP contribution in [0.15, 0.2) is 0 Å². The molecule has 2 saturated heterocycles. The fourth-order valence-corrected chi connectivity index (χ4v) is 5.26. The van der Waals surface area contributed by atoms with Gasteiger partial charge >= 0.3 is 0 Å². The molecule has 0 radical (unpaired) electrons. The largest absolute Gasteiger partial charge is 0.381 e. The maximum Gasteiger partial charge on any atom is 0.225 e. The fraction of sp³-hybridized carbons (Fsp3) is 0.947. The zero-order valence-corrected chi connectivity index (χ0v) is 15.3. The van der Waals surface area contributed by atoms with Gasteiger partial charge in [0, 0.05) is 38.8 Å². The molecule has 1 aliphatic carbocycles. The van der Waals surface area contributed by atoms with Crippen LogP contribution in [0.5, 0.6) is 0 Å². The first-order valence-corrected chi connectivity index (χ1v) is 9.94. The molecule has 2 N–H and O–H groups in total. The molecule has 0 spiro atoms. The minimum Gasteiger partial charge on any atom is -0.381 e. The van der Waals surface area contributed by atoms with Crippen molar-refractivity contribution in [3.05, 3.63) is 0 Å². The second-order valence-corrected chi connectivity index (χ2v) is 8.20. The number of likely N-dealkylation sites (N-methyl/N-ethyl adjacent to an activating group) is 1. The molecule has 2 heterocycles. The van der Waals surface area contributed by atoms with E-state index >= 15 is 0 Å². The zero-order chi connectivity index (χ0) is 17.0. The first kappa shape index (κ1) is 18.2. The molecule has 2 atom stereocenters. The van der Waals surface area contributed by atoms with Crippen molar-refractivity contribution in [3.63, 3.8) is 0 Å². The smallest absolute Gasteiger partial charge is 0.225 e. The molecule has 138 valence electrons. The van der Waals surface area contributed by atoms with Gasteiger partial charge in [-0.3, -0.25) is 9.69 Å². The molecule has 3 rings (SSSR count). The fourth-order valence-electron chi connectivity index (χ4n) is 5.26. The second kappa shape index (κ2) is 8.15. The first-order valence-electron chi connectivity index (χ1n) is 9.94. The third kappa shape index (κ3) is 3.78. The van der Waals surface area contributed by atoms with E-state index in [2.05, 4.69) is 16.8 Å². The summed E-state index contributed by atoms with van der Waals surface area (Å²) in [6.07, 6.45) is 8.99. The van der Waals surface area contributed by atoms with E-state index in [0.717, 1.165) is 71.5 Å². The number of carbonyl (C=O) groups excluding carboxylic acids is 1. The Hall–Kier alpha value is -0.650. The molecule has 0 aromatic rings. The lowest BCUT2D eigenvalue weighted by Gasteiger charge is -2.50. The van der Waals surface area contributed by atoms with Gasteiger partial charge < -0.3 is 15.4 Å². The maximum atomic E-state index is 12.8. The quantitative estimate of drug-likeness (QED) is 0.796. The number of nitrogens with zero attached hydrogens (tertiary/aromatic N) is 2. The first-order chi connectivity index (χ1) is 11.6. The lowest BCUT2D eigenvalue weighted by Crippen LogP contribution is -2.62. The van der Waals surface area contributed by atoms with E-state index in [-0.39, 0.29) is 17.4 Å². The van der Waals surface area contributed by atoms with Gasteiger partial charge in [0.05, 0.1) is 12.0 Å². The molecule has 2 unspecified atom stereocenters. The third-order valence-corrected chi connectivity index (χ3v) is 6.63. The highest BCUT2D eigenvalue weighted by atomic mass is 16.5. The Morgan fingerprint density at radius 3 is 2.29 bits per heavy atom. The molecule has 5 heteroatoms. The van der Waals surface area contributed by atoms with Crippen LogP contribution in [0.3, 0.4) is 0 Å². The van der Waals surface area contributed by atoms with Crippen LogP contribution >= 0.6 is 0 Å². The standard InChI is InChI=1S/C19H35N3O2/c1-21-10-12-22(13-11-21)17(16-7-6-14-24-15-16)19(18(20)23)8-4-2-3-5-9-19/h16-17H,2-15H2,1H3,(H2,20,23). The van der Waals surface area contributed by atoms with Crippen LogP contribution < -0.4 is 5.73 Å². The van der Waals surface area contributed by atoms with E-state index in [0.29, 0.717) is 5.92 Å². The van der Waals surface area contributed by atoms with Crippen LogP contribution in [0.4, 0.5) is 0 Å². The second-order valence-electron chi connectivity index (χ2n) is 8.20. The van der Waals surface area contributed by atoms with Crippen LogP contribution in [0.25, 0.3) is 0 Å². The Morgan fingerprint density at radius 1 is 1.08 bits per heavy atom. The highest BCUT2D eigenvalue weighted by Gasteiger charge is 2.50. The van der Waals surface area contributed by atoms with Gasteiger partial charge in [0.15, 0.2) is 0 Å². The van der Waals surface area contributed by atoms with Crippen molar-refractivity contribution in [3.8, 4) is 0 Å². The Labute approximate surface area is 146 Å². The lowest BCUT2D eigenvalue weighted by atomic mass is 9.66. The van der Waals surface area contributed by atoms with Crippen molar-refractivity contribution in [2.75, 3.05) is 46.4 Å². The van der Waals surface area contributed by atoms with Crippen molar-refractivity contribution < 1.29 is 9.53 Å². The number of hydrogen-bond donors (Lipinski definition) is 1. The van der Waals surface area contributed by atoms with Crippen molar-refractivity contribution in [1.29, 1.82) is 0 Å². The summed E-state index contributed by atoms with van der Waals surface area (Å²) in [5.41, 5.74) is 5.75. The molecule has 1 amide bonds. The Kier molecular flexibility index (Phi) is 6.17. The summed E-state index contributed by atoms with van der Waals surface area (Å²) < 4.78 is 5.83. The normalized spacial score (nSPS) is 31.3. The Morgan fingerprint density at radius 2 is 1.75 bits per heavy atom. The number of piperazine rings is 1. The van der Waals surface area contributed by atoms with Crippen LogP contribution in [0.1, 0.15) is 51.4 Å². The van der Waals surface area contributed by atoms with Crippen molar-refractivity contribution in [1.82, 2.24) is 9.80 Å². The van der Waals surface area contributed by atoms with Crippen LogP contribution in [0, 0.1) is 11.3 Å². The molecule has 3 fully saturated rings. The number of carbonyl (C=O) groups is 1. The van der Waals surface area contributed by atoms with Crippen LogP contribution in [0.2, 0.25) is 0 Å². The molecule has 24 heavy (non-hydrogen) atoms. The van der Waals surface area contributed by atoms with Crippen molar-refractivity contribution in [2.45, 2.75) is 57.4 Å². The summed E-state index contributed by atoms with van der Waals surface area (Å²) in [5, 5.41) is 0. The Bertz CT molecular complexity index is 407. The van der Waals surface area contributed by atoms with E-state index in [9.17, 15) is 4.79 Å². The highest BCUT2D eigenvalue weighted by Crippen LogP contribution is 2.44. The summed E-state index contributed by atoms with van der Waals surface area (Å²) in [5.74, 6) is 0.395. The SMILES string of the molecule is CN1CCN(C(C2CCCOC2)C2(C(N)=O)CCCCCC2)CC1. The minimum atomic E-state index is -0.349. The van der Waals surface area contributed by atoms with Gasteiger partial charge in [-0.1, -0.05) is 25.7 Å². The van der Waals surface area contributed by atoms with Gasteiger partial charge in [-0.05, 0) is 38.6 Å². The average Bonchev–Trinajstić information content (AvgIpc) is 2.85. The van der Waals surface area contributed by atoms with Crippen LogP contribution in [-0.4, -0.2) is 68.2 Å². The van der Waals surface area contributed by atoms with Gasteiger partial charge in [0.1, 0.15) is 0 Å². The van der Waals surface area contributed by atoms with Crippen molar-refractivity contribution in [2.24, 2.45) is 17.1 Å². The predicted octanol–water partition coefficient (Wildman–Crippen LogP) is 1.85. The molecular weight excluding hydrogens is 302 g/mol. The summed E-state index contributed by atoms with van der Waals surface area (Å²) in [4.78, 5) is 17.7. The molecule has 0 aromatic heterocycles. The molecule has 5 nitrogen and oxygen atoms in total. The van der Waals surface area contributed by atoms with Crippen molar-refractivity contribution >= 4 is 5.91 Å². The van der Waals surface area contributed by atoms with Gasteiger partial charge in [0.2, 0.25) is 5.91 Å². The zero-order valence-electron chi connectivity index (χ0n) is 15.3. The number of rotatable bonds is 4. The Balaban J connectivity index is 1.89. The predicted molar refractivity (Wildman–Crippen MR) is 95.7 cm³/mol. The molecule has 3 aliphatic rings. The average molecular weight is 338 g/mol. The van der Waals surface area contributed by atoms with Gasteiger partial charge in [-0.2, -0.15) is 0 Å². The number of hydrogen-bond acceptors (Lipinski definition) is 4. The summed E-state index contributed by atoms with van der Waals surface area (Å²) in [7, 11) is 2.19. The topological polar surface area (TPSA) is 58.8 Å². The number of primary amides is 1. The molecule has 0 aromatic carbocycles. The monoisotopic (exact) mass is 337 g/mol. The highest BCUT2D eigenvalue weighted by molar-refractivity contribution is 5.81. The third-order valence-electron chi connectivity index (χ3n) is 6.63. The number of nitrogens with two attached hydrogens (primary N) is 1. The summed E-state index contributed by atoms with van der Waals surface area (Å²) in [6.45, 7) is 5.93. The summed E-state index contributed by atoms with van der Waals surface area (Å²) in [6, 6.07) is 0.266. The number of ether oxygens (including phenoxy) is 1. The van der Waals surface area contributed by atoms with E-state index < -0.39 is 0 Å². The lowest BCUT2D eigenvalue weighted by molar-refractivity contribution is -0.139. The van der Waals surface area contributed by atoms with E-state index in [1.165, 1.54) is 19.3 Å². The van der Waals surface area contributed by atoms with Gasteiger partial charge in [0.25, 0.3) is 0 Å². The van der Waals surface area contributed by atoms with E-state index in [1.54, 1.807) is 0 Å². The molecular formula is C19H35N3O2. The maximum absolute atomic E-state index is 12.8. The number of amides is 1. The molecule has 1 saturated carbocycles. The van der Waals surface area contributed by atoms with Gasteiger partial charge in [-0.25, -0.2) is 0 Å². The van der Waals surface area contributed by atoms with Crippen LogP contribution in [-0.2, 0) is 9.53 Å². The van der Waals surface area contributed by atoms with E-state index in [4.69, 9.17) is 10.5 Å². The minimum absolute atomic E-state index is 0.0566. The molecule has 0 bridgehead atoms.